The van der Waals surface area contributed by atoms with E-state index >= 15 is 0 Å². The van der Waals surface area contributed by atoms with Crippen LogP contribution in [0.3, 0.4) is 0 Å². The highest BCUT2D eigenvalue weighted by molar-refractivity contribution is 7.98. The summed E-state index contributed by atoms with van der Waals surface area (Å²) in [5, 5.41) is 0. The predicted molar refractivity (Wildman–Crippen MR) is 92.9 cm³/mol. The Morgan fingerprint density at radius 1 is 1.18 bits per heavy atom. The lowest BCUT2D eigenvalue weighted by molar-refractivity contribution is -0.131. The zero-order chi connectivity index (χ0) is 15.4. The highest BCUT2D eigenvalue weighted by atomic mass is 32.2. The number of rotatable bonds is 5. The molecule has 120 valence electrons. The summed E-state index contributed by atoms with van der Waals surface area (Å²) < 4.78 is 0. The summed E-state index contributed by atoms with van der Waals surface area (Å²) in [6.45, 7) is 4.06. The molecule has 3 aliphatic rings. The molecular weight excluding hydrogens is 292 g/mol. The van der Waals surface area contributed by atoms with Gasteiger partial charge in [0.2, 0.25) is 5.91 Å². The fraction of sp³-hybridized carbons (Fsp3) is 0.611. The Morgan fingerprint density at radius 3 is 2.77 bits per heavy atom. The monoisotopic (exact) mass is 318 g/mol. The van der Waals surface area contributed by atoms with Crippen molar-refractivity contribution < 1.29 is 4.79 Å². The van der Waals surface area contributed by atoms with Crippen molar-refractivity contribution in [2.45, 2.75) is 31.8 Å². The number of amides is 1. The van der Waals surface area contributed by atoms with Gasteiger partial charge in [0.05, 0.1) is 0 Å². The van der Waals surface area contributed by atoms with Crippen LogP contribution in [-0.4, -0.2) is 53.4 Å². The third-order valence-corrected chi connectivity index (χ3v) is 5.54. The number of fused-ring (bicyclic) bond motifs is 4. The first-order valence-corrected chi connectivity index (χ1v) is 9.70. The largest absolute Gasteiger partial charge is 0.341 e. The van der Waals surface area contributed by atoms with E-state index in [1.165, 1.54) is 18.4 Å². The predicted octanol–water partition coefficient (Wildman–Crippen LogP) is 2.86. The van der Waals surface area contributed by atoms with Crippen molar-refractivity contribution in [3.05, 3.63) is 35.9 Å². The number of nitrogens with zero attached hydrogens (tertiary/aromatic N) is 2. The van der Waals surface area contributed by atoms with Crippen LogP contribution in [0.1, 0.15) is 24.8 Å². The van der Waals surface area contributed by atoms with E-state index in [-0.39, 0.29) is 0 Å². The van der Waals surface area contributed by atoms with Gasteiger partial charge in [-0.1, -0.05) is 30.3 Å². The van der Waals surface area contributed by atoms with Crippen molar-refractivity contribution in [1.29, 1.82) is 0 Å². The molecule has 3 nitrogen and oxygen atoms in total. The van der Waals surface area contributed by atoms with Crippen molar-refractivity contribution in [3.8, 4) is 0 Å². The van der Waals surface area contributed by atoms with Crippen molar-refractivity contribution in [3.63, 3.8) is 0 Å². The summed E-state index contributed by atoms with van der Waals surface area (Å²) in [7, 11) is 0. The molecule has 1 aromatic rings. The van der Waals surface area contributed by atoms with Gasteiger partial charge in [0.15, 0.2) is 0 Å². The number of benzene rings is 1. The minimum absolute atomic E-state index is 0.354. The molecule has 0 spiro atoms. The van der Waals surface area contributed by atoms with Gasteiger partial charge in [0.1, 0.15) is 0 Å². The highest BCUT2D eigenvalue weighted by Gasteiger charge is 2.35. The molecule has 0 radical (unpaired) electrons. The van der Waals surface area contributed by atoms with Gasteiger partial charge < -0.3 is 4.90 Å². The quantitative estimate of drug-likeness (QED) is 0.834. The molecule has 1 aromatic carbocycles. The number of piperidine rings is 1. The van der Waals surface area contributed by atoms with Gasteiger partial charge in [-0.05, 0) is 30.6 Å². The summed E-state index contributed by atoms with van der Waals surface area (Å²) in [4.78, 5) is 17.1. The van der Waals surface area contributed by atoms with E-state index in [0.29, 0.717) is 24.3 Å². The molecule has 3 fully saturated rings. The zero-order valence-corrected chi connectivity index (χ0v) is 14.2. The van der Waals surface area contributed by atoms with E-state index in [0.717, 1.165) is 31.9 Å². The molecule has 2 atom stereocenters. The first-order chi connectivity index (χ1) is 10.8. The Morgan fingerprint density at radius 2 is 2.00 bits per heavy atom. The van der Waals surface area contributed by atoms with Crippen molar-refractivity contribution in [1.82, 2.24) is 9.80 Å². The molecule has 0 N–H and O–H groups in total. The van der Waals surface area contributed by atoms with Crippen LogP contribution in [0.4, 0.5) is 0 Å². The van der Waals surface area contributed by atoms with E-state index in [1.54, 1.807) is 11.8 Å². The molecule has 4 heteroatoms. The van der Waals surface area contributed by atoms with Crippen molar-refractivity contribution in [2.24, 2.45) is 5.92 Å². The summed E-state index contributed by atoms with van der Waals surface area (Å²) in [5.41, 5.74) is 1.38. The first-order valence-electron chi connectivity index (χ1n) is 8.31. The number of thioether (sulfide) groups is 1. The number of hydrogen-bond donors (Lipinski definition) is 0. The third kappa shape index (κ3) is 3.85. The normalized spacial score (nSPS) is 25.2. The van der Waals surface area contributed by atoms with Gasteiger partial charge in [-0.2, -0.15) is 11.8 Å². The van der Waals surface area contributed by atoms with E-state index in [4.69, 9.17) is 0 Å². The van der Waals surface area contributed by atoms with Crippen LogP contribution in [-0.2, 0) is 11.3 Å². The molecular formula is C18H26N2OS. The minimum Gasteiger partial charge on any atom is -0.341 e. The van der Waals surface area contributed by atoms with E-state index < -0.39 is 0 Å². The highest BCUT2D eigenvalue weighted by Crippen LogP contribution is 2.29. The number of hydrogen-bond acceptors (Lipinski definition) is 3. The molecule has 1 amide bonds. The summed E-state index contributed by atoms with van der Waals surface area (Å²) >= 11 is 1.76. The van der Waals surface area contributed by atoms with Crippen LogP contribution in [0.15, 0.2) is 30.3 Å². The Hall–Kier alpha value is -1.00. The fourth-order valence-electron chi connectivity index (χ4n) is 3.74. The molecule has 0 aliphatic carbocycles. The van der Waals surface area contributed by atoms with Crippen molar-refractivity contribution >= 4 is 17.7 Å². The summed E-state index contributed by atoms with van der Waals surface area (Å²) in [5.74, 6) is 1.95. The van der Waals surface area contributed by atoms with Gasteiger partial charge in [-0.25, -0.2) is 0 Å². The second-order valence-corrected chi connectivity index (χ2v) is 7.54. The maximum Gasteiger partial charge on any atom is 0.223 e. The molecule has 3 aliphatic heterocycles. The minimum atomic E-state index is 0.354. The SMILES string of the molecule is CSCCC(=O)N1C[C@@H]2CC[C@H](C1)N(Cc1ccccc1)C2. The van der Waals surface area contributed by atoms with Gasteiger partial charge in [-0.15, -0.1) is 0 Å². The lowest BCUT2D eigenvalue weighted by atomic mass is 9.94. The molecule has 2 bridgehead atoms. The van der Waals surface area contributed by atoms with Crippen LogP contribution in [0.5, 0.6) is 0 Å². The van der Waals surface area contributed by atoms with E-state index in [1.807, 2.05) is 0 Å². The molecule has 3 heterocycles. The van der Waals surface area contributed by atoms with Crippen LogP contribution in [0, 0.1) is 5.92 Å². The maximum absolute atomic E-state index is 12.4. The standard InChI is InChI=1S/C18H26N2OS/c1-22-10-9-18(21)20-13-16-7-8-17(14-20)19(12-16)11-15-5-3-2-4-6-15/h2-6,16-17H,7-14H2,1H3/t16-,17-/m1/s1. The first kappa shape index (κ1) is 15.9. The van der Waals surface area contributed by atoms with Crippen LogP contribution in [0.2, 0.25) is 0 Å². The van der Waals surface area contributed by atoms with Crippen LogP contribution in [0.25, 0.3) is 0 Å². The van der Waals surface area contributed by atoms with Gasteiger partial charge >= 0.3 is 0 Å². The topological polar surface area (TPSA) is 23.6 Å². The second kappa shape index (κ2) is 7.51. The van der Waals surface area contributed by atoms with Crippen LogP contribution >= 0.6 is 11.8 Å². The maximum atomic E-state index is 12.4. The summed E-state index contributed by atoms with van der Waals surface area (Å²) in [6.07, 6.45) is 5.28. The van der Waals surface area contributed by atoms with Gasteiger partial charge in [0, 0.05) is 44.4 Å². The van der Waals surface area contributed by atoms with E-state index in [9.17, 15) is 4.79 Å². The molecule has 4 rings (SSSR count). The molecule has 3 saturated heterocycles. The summed E-state index contributed by atoms with van der Waals surface area (Å²) in [6, 6.07) is 11.3. The Balaban J connectivity index is 1.64. The van der Waals surface area contributed by atoms with Crippen molar-refractivity contribution in [2.75, 3.05) is 31.6 Å². The third-order valence-electron chi connectivity index (χ3n) is 4.93. The van der Waals surface area contributed by atoms with Gasteiger partial charge in [-0.3, -0.25) is 9.69 Å². The molecule has 0 saturated carbocycles. The number of carbonyl (C=O) groups is 1. The van der Waals surface area contributed by atoms with E-state index in [2.05, 4.69) is 46.4 Å². The Labute approximate surface area is 138 Å². The van der Waals surface area contributed by atoms with Crippen LogP contribution < -0.4 is 0 Å². The number of carbonyl (C=O) groups excluding carboxylic acids is 1. The van der Waals surface area contributed by atoms with Gasteiger partial charge in [0.25, 0.3) is 0 Å². The lowest BCUT2D eigenvalue weighted by Crippen LogP contribution is -2.43. The molecule has 0 aromatic heterocycles. The molecule has 0 unspecified atom stereocenters. The lowest BCUT2D eigenvalue weighted by Gasteiger charge is -2.36. The Kier molecular flexibility index (Phi) is 5.42. The Bertz CT molecular complexity index is 493. The second-order valence-electron chi connectivity index (χ2n) is 6.55. The average molecular weight is 318 g/mol. The smallest absolute Gasteiger partial charge is 0.223 e. The molecule has 22 heavy (non-hydrogen) atoms. The zero-order valence-electron chi connectivity index (χ0n) is 13.4. The average Bonchev–Trinajstić information content (AvgIpc) is 2.85. The fourth-order valence-corrected chi connectivity index (χ4v) is 4.12.